The smallest absolute Gasteiger partial charge is 0.254 e. The molecule has 0 radical (unpaired) electrons. The van der Waals surface area contributed by atoms with Crippen LogP contribution in [-0.2, 0) is 22.4 Å². The van der Waals surface area contributed by atoms with Crippen molar-refractivity contribution in [2.75, 3.05) is 25.0 Å². The Hall–Kier alpha value is -2.66. The van der Waals surface area contributed by atoms with Gasteiger partial charge in [-0.25, -0.2) is 0 Å². The topological polar surface area (TPSA) is 58.6 Å². The molecule has 1 aliphatic heterocycles. The molecule has 2 aromatic rings. The van der Waals surface area contributed by atoms with E-state index in [4.69, 9.17) is 4.74 Å². The monoisotopic (exact) mass is 406 g/mol. The van der Waals surface area contributed by atoms with E-state index in [0.29, 0.717) is 12.1 Å². The molecule has 0 aromatic heterocycles. The molecule has 2 aliphatic rings. The van der Waals surface area contributed by atoms with Gasteiger partial charge >= 0.3 is 0 Å². The molecule has 4 rings (SSSR count). The van der Waals surface area contributed by atoms with Gasteiger partial charge in [-0.3, -0.25) is 9.59 Å². The highest BCUT2D eigenvalue weighted by molar-refractivity contribution is 5.99. The van der Waals surface area contributed by atoms with Gasteiger partial charge in [0.05, 0.1) is 6.10 Å². The molecule has 1 atom stereocenters. The number of carbonyl (C=O) groups is 2. The molecule has 0 saturated carbocycles. The number of benzene rings is 2. The van der Waals surface area contributed by atoms with Gasteiger partial charge in [-0.2, -0.15) is 0 Å². The third-order valence-corrected chi connectivity index (χ3v) is 6.29. The molecular weight excluding hydrogens is 376 g/mol. The summed E-state index contributed by atoms with van der Waals surface area (Å²) in [5.74, 6) is -0.285. The first-order valence-electron chi connectivity index (χ1n) is 10.9. The van der Waals surface area contributed by atoms with Crippen LogP contribution in [0.15, 0.2) is 36.4 Å². The van der Waals surface area contributed by atoms with E-state index in [0.717, 1.165) is 55.5 Å². The van der Waals surface area contributed by atoms with Gasteiger partial charge in [-0.15, -0.1) is 0 Å². The van der Waals surface area contributed by atoms with Gasteiger partial charge in [0.15, 0.2) is 0 Å². The minimum Gasteiger partial charge on any atom is -0.376 e. The molecule has 1 aliphatic carbocycles. The molecule has 0 bridgehead atoms. The quantitative estimate of drug-likeness (QED) is 0.787. The highest BCUT2D eigenvalue weighted by atomic mass is 16.5. The van der Waals surface area contributed by atoms with Gasteiger partial charge in [0.1, 0.15) is 6.54 Å². The predicted octanol–water partition coefficient (Wildman–Crippen LogP) is 4.05. The van der Waals surface area contributed by atoms with Crippen LogP contribution in [0.3, 0.4) is 0 Å². The second kappa shape index (κ2) is 9.00. The van der Waals surface area contributed by atoms with E-state index in [1.54, 1.807) is 4.90 Å². The van der Waals surface area contributed by atoms with Crippen LogP contribution in [0.4, 0.5) is 5.69 Å². The molecule has 2 aromatic carbocycles. The van der Waals surface area contributed by atoms with E-state index in [1.807, 2.05) is 44.2 Å². The molecule has 2 amide bonds. The Labute approximate surface area is 178 Å². The Balaban J connectivity index is 1.51. The number of aryl methyl sites for hydroxylation is 3. The fourth-order valence-corrected chi connectivity index (χ4v) is 4.39. The van der Waals surface area contributed by atoms with Gasteiger partial charge in [-0.1, -0.05) is 18.2 Å². The minimum absolute atomic E-state index is 0.00289. The normalized spacial score (nSPS) is 17.6. The summed E-state index contributed by atoms with van der Waals surface area (Å²) < 4.78 is 5.75. The first-order valence-corrected chi connectivity index (χ1v) is 10.9. The van der Waals surface area contributed by atoms with Crippen LogP contribution in [0.25, 0.3) is 0 Å². The first-order chi connectivity index (χ1) is 14.5. The zero-order valence-electron chi connectivity index (χ0n) is 17.9. The number of fused-ring (bicyclic) bond motifs is 1. The lowest BCUT2D eigenvalue weighted by Gasteiger charge is -2.25. The van der Waals surface area contributed by atoms with Crippen molar-refractivity contribution in [1.82, 2.24) is 4.90 Å². The van der Waals surface area contributed by atoms with Crippen molar-refractivity contribution in [2.24, 2.45) is 0 Å². The fraction of sp³-hybridized carbons (Fsp3) is 0.440. The number of anilines is 1. The van der Waals surface area contributed by atoms with Crippen LogP contribution in [0.1, 0.15) is 51.9 Å². The Morgan fingerprint density at radius 3 is 2.73 bits per heavy atom. The van der Waals surface area contributed by atoms with Crippen molar-refractivity contribution < 1.29 is 14.3 Å². The maximum Gasteiger partial charge on any atom is 0.254 e. The van der Waals surface area contributed by atoms with E-state index in [1.165, 1.54) is 11.1 Å². The van der Waals surface area contributed by atoms with Crippen LogP contribution in [-0.4, -0.2) is 42.5 Å². The van der Waals surface area contributed by atoms with Gasteiger partial charge in [0.25, 0.3) is 5.91 Å². The summed E-state index contributed by atoms with van der Waals surface area (Å²) in [6.45, 7) is 5.19. The molecule has 1 heterocycles. The van der Waals surface area contributed by atoms with Crippen LogP contribution in [0.2, 0.25) is 0 Å². The standard InChI is InChI=1S/C25H30N2O3/c1-17-6-3-10-23(18(17)2)26-24(28)16-27(15-22-9-5-13-30-22)25(29)21-12-11-19-7-4-8-20(19)14-21/h3,6,10-12,14,22H,4-5,7-9,13,15-16H2,1-2H3,(H,26,28). The molecule has 5 heteroatoms. The molecule has 1 unspecified atom stereocenters. The van der Waals surface area contributed by atoms with Crippen molar-refractivity contribution in [3.8, 4) is 0 Å². The Morgan fingerprint density at radius 1 is 1.10 bits per heavy atom. The number of hydrogen-bond acceptors (Lipinski definition) is 3. The van der Waals surface area contributed by atoms with Crippen molar-refractivity contribution in [3.05, 3.63) is 64.2 Å². The van der Waals surface area contributed by atoms with E-state index < -0.39 is 0 Å². The maximum atomic E-state index is 13.3. The van der Waals surface area contributed by atoms with Crippen molar-refractivity contribution in [1.29, 1.82) is 0 Å². The molecule has 0 spiro atoms. The highest BCUT2D eigenvalue weighted by Gasteiger charge is 2.26. The Kier molecular flexibility index (Phi) is 6.18. The molecule has 30 heavy (non-hydrogen) atoms. The van der Waals surface area contributed by atoms with E-state index in [9.17, 15) is 9.59 Å². The van der Waals surface area contributed by atoms with Crippen LogP contribution in [0.5, 0.6) is 0 Å². The van der Waals surface area contributed by atoms with Gasteiger partial charge < -0.3 is 15.0 Å². The van der Waals surface area contributed by atoms with Gasteiger partial charge in [0.2, 0.25) is 5.91 Å². The summed E-state index contributed by atoms with van der Waals surface area (Å²) in [7, 11) is 0. The summed E-state index contributed by atoms with van der Waals surface area (Å²) in [6.07, 6.45) is 5.17. The summed E-state index contributed by atoms with van der Waals surface area (Å²) in [6, 6.07) is 11.8. The number of carbonyl (C=O) groups excluding carboxylic acids is 2. The maximum absolute atomic E-state index is 13.3. The van der Waals surface area contributed by atoms with E-state index in [2.05, 4.69) is 11.4 Å². The van der Waals surface area contributed by atoms with E-state index >= 15 is 0 Å². The molecular formula is C25H30N2O3. The first kappa shape index (κ1) is 20.6. The number of rotatable bonds is 6. The highest BCUT2D eigenvalue weighted by Crippen LogP contribution is 2.24. The zero-order chi connectivity index (χ0) is 21.1. The van der Waals surface area contributed by atoms with Crippen molar-refractivity contribution >= 4 is 17.5 Å². The van der Waals surface area contributed by atoms with Crippen molar-refractivity contribution in [2.45, 2.75) is 52.1 Å². The lowest BCUT2D eigenvalue weighted by atomic mass is 10.1. The largest absolute Gasteiger partial charge is 0.376 e. The summed E-state index contributed by atoms with van der Waals surface area (Å²) >= 11 is 0. The Morgan fingerprint density at radius 2 is 1.93 bits per heavy atom. The summed E-state index contributed by atoms with van der Waals surface area (Å²) in [5, 5.41) is 2.98. The second-order valence-corrected chi connectivity index (χ2v) is 8.45. The third kappa shape index (κ3) is 4.57. The predicted molar refractivity (Wildman–Crippen MR) is 118 cm³/mol. The molecule has 5 nitrogen and oxygen atoms in total. The van der Waals surface area contributed by atoms with Crippen LogP contribution < -0.4 is 5.32 Å². The number of ether oxygens (including phenoxy) is 1. The lowest BCUT2D eigenvalue weighted by Crippen LogP contribution is -2.42. The lowest BCUT2D eigenvalue weighted by molar-refractivity contribution is -0.117. The number of amides is 2. The van der Waals surface area contributed by atoms with E-state index in [-0.39, 0.29) is 24.5 Å². The average molecular weight is 407 g/mol. The molecule has 158 valence electrons. The zero-order valence-corrected chi connectivity index (χ0v) is 17.9. The average Bonchev–Trinajstić information content (AvgIpc) is 3.41. The van der Waals surface area contributed by atoms with Crippen LogP contribution in [0, 0.1) is 13.8 Å². The third-order valence-electron chi connectivity index (χ3n) is 6.29. The Bertz CT molecular complexity index is 947. The fourth-order valence-electron chi connectivity index (χ4n) is 4.39. The number of hydrogen-bond donors (Lipinski definition) is 1. The number of nitrogens with zero attached hydrogens (tertiary/aromatic N) is 1. The molecule has 1 fully saturated rings. The summed E-state index contributed by atoms with van der Waals surface area (Å²) in [5.41, 5.74) is 6.22. The minimum atomic E-state index is -0.184. The van der Waals surface area contributed by atoms with Gasteiger partial charge in [-0.05, 0) is 86.4 Å². The number of nitrogens with one attached hydrogen (secondary N) is 1. The van der Waals surface area contributed by atoms with Crippen molar-refractivity contribution in [3.63, 3.8) is 0 Å². The SMILES string of the molecule is Cc1cccc(NC(=O)CN(CC2CCCO2)C(=O)c2ccc3c(c2)CCC3)c1C. The molecule has 1 saturated heterocycles. The van der Waals surface area contributed by atoms with Gasteiger partial charge in [0, 0.05) is 24.4 Å². The van der Waals surface area contributed by atoms with Crippen LogP contribution >= 0.6 is 0 Å². The second-order valence-electron chi connectivity index (χ2n) is 8.45. The summed E-state index contributed by atoms with van der Waals surface area (Å²) in [4.78, 5) is 27.8. The molecule has 1 N–H and O–H groups in total.